The first-order chi connectivity index (χ1) is 9.68. The van der Waals surface area contributed by atoms with E-state index in [1.165, 1.54) is 16.0 Å². The average Bonchev–Trinajstić information content (AvgIpc) is 2.37. The van der Waals surface area contributed by atoms with E-state index < -0.39 is 0 Å². The maximum absolute atomic E-state index is 6.30. The van der Waals surface area contributed by atoms with Crippen LogP contribution in [0, 0.1) is 20.8 Å². The van der Waals surface area contributed by atoms with Crippen LogP contribution in [-0.4, -0.2) is 9.97 Å². The summed E-state index contributed by atoms with van der Waals surface area (Å²) in [5, 5.41) is 1.48. The van der Waals surface area contributed by atoms with Crippen molar-refractivity contribution in [3.05, 3.63) is 45.9 Å². The van der Waals surface area contributed by atoms with E-state index in [9.17, 15) is 0 Å². The predicted molar refractivity (Wildman–Crippen MR) is 90.5 cm³/mol. The van der Waals surface area contributed by atoms with Crippen LogP contribution in [0.25, 0.3) is 0 Å². The monoisotopic (exact) mass is 320 g/mol. The fourth-order valence-electron chi connectivity index (χ4n) is 1.83. The quantitative estimate of drug-likeness (QED) is 0.683. The highest BCUT2D eigenvalue weighted by atomic mass is 35.5. The van der Waals surface area contributed by atoms with Crippen LogP contribution in [0.2, 0.25) is 5.15 Å². The Bertz CT molecular complexity index is 675. The highest BCUT2D eigenvalue weighted by Crippen LogP contribution is 2.35. The van der Waals surface area contributed by atoms with Crippen molar-refractivity contribution in [1.29, 1.82) is 0 Å². The lowest BCUT2D eigenvalue weighted by atomic mass is 9.96. The molecule has 0 amide bonds. The third-order valence-corrected chi connectivity index (χ3v) is 4.88. The molecule has 0 aliphatic rings. The summed E-state index contributed by atoms with van der Waals surface area (Å²) < 4.78 is 0. The first-order valence-corrected chi connectivity index (χ1v) is 8.17. The molecule has 2 rings (SSSR count). The summed E-state index contributed by atoms with van der Waals surface area (Å²) in [6, 6.07) is 6.45. The zero-order valence-corrected chi connectivity index (χ0v) is 15.0. The number of rotatable bonds is 2. The van der Waals surface area contributed by atoms with Crippen molar-refractivity contribution in [3.8, 4) is 0 Å². The molecule has 0 saturated carbocycles. The number of nitrogens with zero attached hydrogens (tertiary/aromatic N) is 2. The minimum Gasteiger partial charge on any atom is -0.225 e. The van der Waals surface area contributed by atoms with E-state index in [0.717, 1.165) is 16.4 Å². The lowest BCUT2D eigenvalue weighted by Gasteiger charge is -2.19. The van der Waals surface area contributed by atoms with Gasteiger partial charge in [0.1, 0.15) is 16.0 Å². The van der Waals surface area contributed by atoms with Gasteiger partial charge in [0.05, 0.1) is 0 Å². The fourth-order valence-corrected chi connectivity index (χ4v) is 3.12. The van der Waals surface area contributed by atoms with Gasteiger partial charge in [0.25, 0.3) is 0 Å². The van der Waals surface area contributed by atoms with E-state index in [0.29, 0.717) is 5.15 Å². The molecule has 21 heavy (non-hydrogen) atoms. The zero-order valence-electron chi connectivity index (χ0n) is 13.4. The normalized spacial score (nSPS) is 11.8. The molecule has 0 spiro atoms. The SMILES string of the molecule is Cc1ccc(C)c(Sc2nc(C(C)(C)C)nc(Cl)c2C)c1. The number of halogens is 1. The predicted octanol–water partition coefficient (Wildman–Crippen LogP) is 5.50. The van der Waals surface area contributed by atoms with Gasteiger partial charge in [-0.15, -0.1) is 0 Å². The third-order valence-electron chi connectivity index (χ3n) is 3.26. The van der Waals surface area contributed by atoms with E-state index in [4.69, 9.17) is 16.6 Å². The number of hydrogen-bond donors (Lipinski definition) is 0. The van der Waals surface area contributed by atoms with Crippen LogP contribution in [0.5, 0.6) is 0 Å². The van der Waals surface area contributed by atoms with Crippen LogP contribution in [0.3, 0.4) is 0 Å². The molecule has 0 radical (unpaired) electrons. The molecular formula is C17H21ClN2S. The molecule has 0 aliphatic heterocycles. The van der Waals surface area contributed by atoms with Crippen molar-refractivity contribution in [1.82, 2.24) is 9.97 Å². The Hall–Kier alpha value is -1.06. The second kappa shape index (κ2) is 5.98. The Balaban J connectivity index is 2.49. The van der Waals surface area contributed by atoms with Crippen LogP contribution in [0.1, 0.15) is 43.3 Å². The molecule has 0 aliphatic carbocycles. The molecule has 112 valence electrons. The lowest BCUT2D eigenvalue weighted by Crippen LogP contribution is -2.17. The fraction of sp³-hybridized carbons (Fsp3) is 0.412. The Morgan fingerprint density at radius 1 is 1.05 bits per heavy atom. The van der Waals surface area contributed by atoms with Crippen molar-refractivity contribution in [2.75, 3.05) is 0 Å². The van der Waals surface area contributed by atoms with Gasteiger partial charge in [0.2, 0.25) is 0 Å². The molecule has 2 nitrogen and oxygen atoms in total. The molecule has 0 atom stereocenters. The Labute approximate surface area is 136 Å². The minimum absolute atomic E-state index is 0.117. The molecule has 0 bridgehead atoms. The molecule has 1 aromatic heterocycles. The van der Waals surface area contributed by atoms with Crippen molar-refractivity contribution < 1.29 is 0 Å². The van der Waals surface area contributed by atoms with Crippen molar-refractivity contribution in [2.24, 2.45) is 0 Å². The van der Waals surface area contributed by atoms with Gasteiger partial charge < -0.3 is 0 Å². The number of aromatic nitrogens is 2. The Kier molecular flexibility index (Phi) is 4.64. The second-order valence-corrected chi connectivity index (χ2v) is 7.78. The Morgan fingerprint density at radius 2 is 1.71 bits per heavy atom. The summed E-state index contributed by atoms with van der Waals surface area (Å²) in [5.74, 6) is 0.783. The largest absolute Gasteiger partial charge is 0.225 e. The van der Waals surface area contributed by atoms with Gasteiger partial charge in [0, 0.05) is 15.9 Å². The molecule has 1 heterocycles. The molecule has 1 aromatic carbocycles. The standard InChI is InChI=1S/C17H21ClN2S/c1-10-7-8-11(2)13(9-10)21-15-12(3)14(18)19-16(20-15)17(4,5)6/h7-9H,1-6H3. The van der Waals surface area contributed by atoms with Gasteiger partial charge >= 0.3 is 0 Å². The zero-order chi connectivity index (χ0) is 15.8. The number of hydrogen-bond acceptors (Lipinski definition) is 3. The van der Waals surface area contributed by atoms with Gasteiger partial charge in [-0.2, -0.15) is 0 Å². The van der Waals surface area contributed by atoms with Gasteiger partial charge in [-0.1, -0.05) is 56.3 Å². The third kappa shape index (κ3) is 3.78. The van der Waals surface area contributed by atoms with E-state index in [1.807, 2.05) is 6.92 Å². The highest BCUT2D eigenvalue weighted by molar-refractivity contribution is 7.99. The summed E-state index contributed by atoms with van der Waals surface area (Å²) in [6.07, 6.45) is 0. The van der Waals surface area contributed by atoms with Gasteiger partial charge in [-0.3, -0.25) is 0 Å². The first-order valence-electron chi connectivity index (χ1n) is 6.98. The van der Waals surface area contributed by atoms with E-state index in [-0.39, 0.29) is 5.41 Å². The van der Waals surface area contributed by atoms with Crippen LogP contribution < -0.4 is 0 Å². The van der Waals surface area contributed by atoms with Crippen molar-refractivity contribution in [3.63, 3.8) is 0 Å². The molecule has 0 unspecified atom stereocenters. The molecule has 0 saturated heterocycles. The van der Waals surface area contributed by atoms with Crippen LogP contribution in [0.4, 0.5) is 0 Å². The van der Waals surface area contributed by atoms with Crippen LogP contribution >= 0.6 is 23.4 Å². The Morgan fingerprint density at radius 3 is 2.33 bits per heavy atom. The van der Waals surface area contributed by atoms with E-state index in [1.54, 1.807) is 11.8 Å². The molecule has 0 fully saturated rings. The van der Waals surface area contributed by atoms with Crippen LogP contribution in [-0.2, 0) is 5.41 Å². The molecule has 4 heteroatoms. The van der Waals surface area contributed by atoms with Gasteiger partial charge in [0.15, 0.2) is 0 Å². The summed E-state index contributed by atoms with van der Waals surface area (Å²) in [4.78, 5) is 10.4. The summed E-state index contributed by atoms with van der Waals surface area (Å²) >= 11 is 7.96. The lowest BCUT2D eigenvalue weighted by molar-refractivity contribution is 0.537. The number of benzene rings is 1. The second-order valence-electron chi connectivity index (χ2n) is 6.39. The maximum atomic E-state index is 6.30. The maximum Gasteiger partial charge on any atom is 0.136 e. The summed E-state index contributed by atoms with van der Waals surface area (Å²) in [6.45, 7) is 12.5. The van der Waals surface area contributed by atoms with E-state index in [2.05, 4.69) is 57.8 Å². The van der Waals surface area contributed by atoms with Crippen molar-refractivity contribution >= 4 is 23.4 Å². The molecular weight excluding hydrogens is 300 g/mol. The smallest absolute Gasteiger partial charge is 0.136 e. The summed E-state index contributed by atoms with van der Waals surface area (Å²) in [5.41, 5.74) is 3.32. The molecule has 2 aromatic rings. The summed E-state index contributed by atoms with van der Waals surface area (Å²) in [7, 11) is 0. The average molecular weight is 321 g/mol. The highest BCUT2D eigenvalue weighted by Gasteiger charge is 2.21. The minimum atomic E-state index is -0.117. The molecule has 0 N–H and O–H groups in total. The van der Waals surface area contributed by atoms with Crippen molar-refractivity contribution in [2.45, 2.75) is 56.9 Å². The van der Waals surface area contributed by atoms with Gasteiger partial charge in [-0.25, -0.2) is 9.97 Å². The first kappa shape index (κ1) is 16.3. The topological polar surface area (TPSA) is 25.8 Å². The number of aryl methyl sites for hydroxylation is 2. The van der Waals surface area contributed by atoms with E-state index >= 15 is 0 Å². The van der Waals surface area contributed by atoms with Gasteiger partial charge in [-0.05, 0) is 38.0 Å². The van der Waals surface area contributed by atoms with Crippen LogP contribution in [0.15, 0.2) is 28.1 Å².